The van der Waals surface area contributed by atoms with Gasteiger partial charge in [-0.05, 0) is 51.0 Å². The maximum Gasteiger partial charge on any atom is 0.0991 e. The van der Waals surface area contributed by atoms with Crippen LogP contribution in [-0.2, 0) is 0 Å². The molecule has 1 atom stereocenters. The molecule has 2 aromatic rings. The van der Waals surface area contributed by atoms with Crippen molar-refractivity contribution in [1.82, 2.24) is 15.3 Å². The van der Waals surface area contributed by atoms with Crippen LogP contribution in [0.4, 0.5) is 5.69 Å². The summed E-state index contributed by atoms with van der Waals surface area (Å²) in [5, 5.41) is 12.6. The average Bonchev–Trinajstić information content (AvgIpc) is 2.63. The molecule has 1 N–H and O–H groups in total. The lowest BCUT2D eigenvalue weighted by Gasteiger charge is -2.35. The van der Waals surface area contributed by atoms with Gasteiger partial charge in [-0.3, -0.25) is 9.97 Å². The van der Waals surface area contributed by atoms with Gasteiger partial charge in [0.2, 0.25) is 0 Å². The van der Waals surface area contributed by atoms with Crippen LogP contribution in [-0.4, -0.2) is 29.1 Å². The van der Waals surface area contributed by atoms with Crippen molar-refractivity contribution in [3.63, 3.8) is 0 Å². The second-order valence-electron chi connectivity index (χ2n) is 6.34. The van der Waals surface area contributed by atoms with Crippen molar-refractivity contribution in [2.45, 2.75) is 38.8 Å². The number of benzene rings is 1. The highest BCUT2D eigenvalue weighted by Crippen LogP contribution is 2.22. The van der Waals surface area contributed by atoms with Crippen molar-refractivity contribution in [2.75, 3.05) is 18.0 Å². The summed E-state index contributed by atoms with van der Waals surface area (Å²) in [6.45, 7) is 6.21. The lowest BCUT2D eigenvalue weighted by molar-refractivity contribution is 0.376. The SMILES string of the molecule is Cc1nccnc1C(C)NC1CCN(c2ccc(C#N)cc2)CC1. The van der Waals surface area contributed by atoms with Gasteiger partial charge < -0.3 is 10.2 Å². The molecular weight excluding hydrogens is 298 g/mol. The number of nitrogens with zero attached hydrogens (tertiary/aromatic N) is 4. The van der Waals surface area contributed by atoms with Crippen LogP contribution in [0, 0.1) is 18.3 Å². The molecule has 1 unspecified atom stereocenters. The van der Waals surface area contributed by atoms with Crippen LogP contribution in [0.5, 0.6) is 0 Å². The molecule has 3 rings (SSSR count). The Kier molecular flexibility index (Phi) is 5.07. The van der Waals surface area contributed by atoms with Gasteiger partial charge in [0.25, 0.3) is 0 Å². The minimum absolute atomic E-state index is 0.213. The number of aryl methyl sites for hydroxylation is 1. The highest BCUT2D eigenvalue weighted by Gasteiger charge is 2.22. The lowest BCUT2D eigenvalue weighted by atomic mass is 10.0. The zero-order valence-corrected chi connectivity index (χ0v) is 14.2. The molecule has 5 heteroatoms. The van der Waals surface area contributed by atoms with E-state index in [0.717, 1.165) is 37.3 Å². The summed E-state index contributed by atoms with van der Waals surface area (Å²) in [6, 6.07) is 10.7. The van der Waals surface area contributed by atoms with Crippen LogP contribution in [0.15, 0.2) is 36.7 Å². The van der Waals surface area contributed by atoms with Crippen LogP contribution in [0.25, 0.3) is 0 Å². The lowest BCUT2D eigenvalue weighted by Crippen LogP contribution is -2.43. The Hall–Kier alpha value is -2.45. The predicted molar refractivity (Wildman–Crippen MR) is 94.7 cm³/mol. The molecule has 2 heterocycles. The maximum atomic E-state index is 8.89. The largest absolute Gasteiger partial charge is 0.371 e. The molecule has 0 radical (unpaired) electrons. The molecular formula is C19H23N5. The summed E-state index contributed by atoms with van der Waals surface area (Å²) in [5.41, 5.74) is 3.94. The van der Waals surface area contributed by atoms with E-state index >= 15 is 0 Å². The summed E-state index contributed by atoms with van der Waals surface area (Å²) in [5.74, 6) is 0. The van der Waals surface area contributed by atoms with E-state index in [1.165, 1.54) is 5.69 Å². The number of anilines is 1. The van der Waals surface area contributed by atoms with Crippen LogP contribution in [0.1, 0.15) is 42.8 Å². The first-order valence-corrected chi connectivity index (χ1v) is 8.46. The molecule has 0 aliphatic carbocycles. The molecule has 1 aliphatic heterocycles. The second kappa shape index (κ2) is 7.41. The Morgan fingerprint density at radius 3 is 2.46 bits per heavy atom. The molecule has 1 fully saturated rings. The van der Waals surface area contributed by atoms with E-state index in [2.05, 4.69) is 33.2 Å². The zero-order chi connectivity index (χ0) is 16.9. The molecule has 1 aliphatic rings. The Bertz CT molecular complexity index is 711. The quantitative estimate of drug-likeness (QED) is 0.938. The number of nitriles is 1. The first-order valence-electron chi connectivity index (χ1n) is 8.46. The van der Waals surface area contributed by atoms with E-state index in [-0.39, 0.29) is 6.04 Å². The summed E-state index contributed by atoms with van der Waals surface area (Å²) >= 11 is 0. The van der Waals surface area contributed by atoms with E-state index in [9.17, 15) is 0 Å². The molecule has 1 aromatic heterocycles. The number of piperidine rings is 1. The Balaban J connectivity index is 1.55. The van der Waals surface area contributed by atoms with E-state index in [1.54, 1.807) is 12.4 Å². The van der Waals surface area contributed by atoms with Gasteiger partial charge in [0.1, 0.15) is 0 Å². The smallest absolute Gasteiger partial charge is 0.0991 e. The van der Waals surface area contributed by atoms with Gasteiger partial charge in [0.15, 0.2) is 0 Å². The first kappa shape index (κ1) is 16.4. The van der Waals surface area contributed by atoms with Gasteiger partial charge in [0.05, 0.1) is 23.0 Å². The van der Waals surface area contributed by atoms with Gasteiger partial charge in [0, 0.05) is 43.3 Å². The summed E-state index contributed by atoms with van der Waals surface area (Å²) < 4.78 is 0. The minimum Gasteiger partial charge on any atom is -0.371 e. The van der Waals surface area contributed by atoms with Crippen molar-refractivity contribution in [1.29, 1.82) is 5.26 Å². The van der Waals surface area contributed by atoms with Crippen molar-refractivity contribution in [3.05, 3.63) is 53.6 Å². The third kappa shape index (κ3) is 3.72. The fraction of sp³-hybridized carbons (Fsp3) is 0.421. The van der Waals surface area contributed by atoms with Crippen molar-refractivity contribution < 1.29 is 0 Å². The van der Waals surface area contributed by atoms with E-state index in [0.29, 0.717) is 11.6 Å². The Morgan fingerprint density at radius 1 is 1.17 bits per heavy atom. The summed E-state index contributed by atoms with van der Waals surface area (Å²) in [6.07, 6.45) is 5.70. The zero-order valence-electron chi connectivity index (χ0n) is 14.2. The third-order valence-corrected chi connectivity index (χ3v) is 4.67. The molecule has 0 saturated carbocycles. The predicted octanol–water partition coefficient (Wildman–Crippen LogP) is 2.98. The fourth-order valence-corrected chi connectivity index (χ4v) is 3.33. The van der Waals surface area contributed by atoms with Gasteiger partial charge in [-0.25, -0.2) is 0 Å². The monoisotopic (exact) mass is 321 g/mol. The van der Waals surface area contributed by atoms with Crippen LogP contribution < -0.4 is 10.2 Å². The molecule has 1 saturated heterocycles. The normalized spacial score (nSPS) is 16.6. The minimum atomic E-state index is 0.213. The third-order valence-electron chi connectivity index (χ3n) is 4.67. The average molecular weight is 321 g/mol. The van der Waals surface area contributed by atoms with Crippen LogP contribution in [0.2, 0.25) is 0 Å². The molecule has 124 valence electrons. The Morgan fingerprint density at radius 2 is 1.83 bits per heavy atom. The number of aromatic nitrogens is 2. The molecule has 24 heavy (non-hydrogen) atoms. The molecule has 0 spiro atoms. The Labute approximate surface area is 143 Å². The molecule has 1 aromatic carbocycles. The number of hydrogen-bond acceptors (Lipinski definition) is 5. The fourth-order valence-electron chi connectivity index (χ4n) is 3.33. The van der Waals surface area contributed by atoms with Gasteiger partial charge in [-0.15, -0.1) is 0 Å². The van der Waals surface area contributed by atoms with Crippen LogP contribution in [0.3, 0.4) is 0 Å². The molecule has 0 bridgehead atoms. The molecule has 0 amide bonds. The van der Waals surface area contributed by atoms with E-state index in [4.69, 9.17) is 5.26 Å². The highest BCUT2D eigenvalue weighted by atomic mass is 15.1. The number of hydrogen-bond donors (Lipinski definition) is 1. The number of nitrogens with one attached hydrogen (secondary N) is 1. The molecule has 5 nitrogen and oxygen atoms in total. The van der Waals surface area contributed by atoms with Crippen molar-refractivity contribution in [2.24, 2.45) is 0 Å². The standard InChI is InChI=1S/C19H23N5/c1-14-19(22-10-9-21-14)15(2)23-17-7-11-24(12-8-17)18-5-3-16(13-20)4-6-18/h3-6,9-10,15,17,23H,7-8,11-12H2,1-2H3. The van der Waals surface area contributed by atoms with Crippen molar-refractivity contribution in [3.8, 4) is 6.07 Å². The van der Waals surface area contributed by atoms with Crippen molar-refractivity contribution >= 4 is 5.69 Å². The maximum absolute atomic E-state index is 8.89. The second-order valence-corrected chi connectivity index (χ2v) is 6.34. The summed E-state index contributed by atoms with van der Waals surface area (Å²) in [4.78, 5) is 11.2. The van der Waals surface area contributed by atoms with Gasteiger partial charge >= 0.3 is 0 Å². The summed E-state index contributed by atoms with van der Waals surface area (Å²) in [7, 11) is 0. The number of rotatable bonds is 4. The topological polar surface area (TPSA) is 64.8 Å². The van der Waals surface area contributed by atoms with Gasteiger partial charge in [-0.2, -0.15) is 5.26 Å². The van der Waals surface area contributed by atoms with Crippen LogP contribution >= 0.6 is 0 Å². The van der Waals surface area contributed by atoms with E-state index < -0.39 is 0 Å². The first-order chi connectivity index (χ1) is 11.7. The highest BCUT2D eigenvalue weighted by molar-refractivity contribution is 5.50. The van der Waals surface area contributed by atoms with E-state index in [1.807, 2.05) is 31.2 Å². The van der Waals surface area contributed by atoms with Gasteiger partial charge in [-0.1, -0.05) is 0 Å².